The highest BCUT2D eigenvalue weighted by Crippen LogP contribution is 2.23. The van der Waals surface area contributed by atoms with Crippen molar-refractivity contribution < 1.29 is 9.53 Å². The number of benzene rings is 1. The van der Waals surface area contributed by atoms with Crippen LogP contribution >= 0.6 is 11.3 Å². The Hall–Kier alpha value is -2.01. The van der Waals surface area contributed by atoms with E-state index in [4.69, 9.17) is 4.74 Å². The van der Waals surface area contributed by atoms with E-state index in [2.05, 4.69) is 16.8 Å². The van der Waals surface area contributed by atoms with Gasteiger partial charge in [-0.05, 0) is 29.6 Å². The van der Waals surface area contributed by atoms with Gasteiger partial charge in [0.2, 0.25) is 0 Å². The first kappa shape index (κ1) is 12.0. The molecule has 0 atom stereocenters. The zero-order valence-electron chi connectivity index (χ0n) is 10.3. The standard InChI is InChI=1S/C14H14N2O2S/c17-14-16(6-7-18-14)12-4-1-3-11(9-12)15-10-13-5-2-8-19-13/h1-5,8-9,15H,6-7,10H2. The van der Waals surface area contributed by atoms with Gasteiger partial charge in [0, 0.05) is 22.8 Å². The Bertz CT molecular complexity index is 569. The second kappa shape index (κ2) is 5.32. The summed E-state index contributed by atoms with van der Waals surface area (Å²) in [5.74, 6) is 0. The summed E-state index contributed by atoms with van der Waals surface area (Å²) in [6.45, 7) is 1.88. The number of cyclic esters (lactones) is 1. The van der Waals surface area contributed by atoms with E-state index < -0.39 is 0 Å². The van der Waals surface area contributed by atoms with Crippen LogP contribution in [0.2, 0.25) is 0 Å². The number of anilines is 2. The van der Waals surface area contributed by atoms with Crippen LogP contribution in [0.15, 0.2) is 41.8 Å². The molecule has 0 unspecified atom stereocenters. The first-order chi connectivity index (χ1) is 9.33. The molecule has 1 N–H and O–H groups in total. The maximum atomic E-state index is 11.5. The number of thiophene rings is 1. The molecule has 4 nitrogen and oxygen atoms in total. The fraction of sp³-hybridized carbons (Fsp3) is 0.214. The number of rotatable bonds is 4. The minimum atomic E-state index is -0.268. The first-order valence-electron chi connectivity index (χ1n) is 6.13. The van der Waals surface area contributed by atoms with Crippen molar-refractivity contribution in [2.45, 2.75) is 6.54 Å². The summed E-state index contributed by atoms with van der Waals surface area (Å²) >= 11 is 1.73. The van der Waals surface area contributed by atoms with Crippen LogP contribution in [0.4, 0.5) is 16.2 Å². The van der Waals surface area contributed by atoms with Gasteiger partial charge in [-0.2, -0.15) is 0 Å². The van der Waals surface area contributed by atoms with E-state index in [0.29, 0.717) is 13.2 Å². The zero-order chi connectivity index (χ0) is 13.1. The maximum absolute atomic E-state index is 11.5. The van der Waals surface area contributed by atoms with E-state index in [-0.39, 0.29) is 6.09 Å². The third-order valence-electron chi connectivity index (χ3n) is 2.97. The lowest BCUT2D eigenvalue weighted by Gasteiger charge is -2.14. The van der Waals surface area contributed by atoms with Crippen molar-refractivity contribution in [2.75, 3.05) is 23.4 Å². The summed E-state index contributed by atoms with van der Waals surface area (Å²) < 4.78 is 4.95. The lowest BCUT2D eigenvalue weighted by Crippen LogP contribution is -2.23. The average molecular weight is 274 g/mol. The maximum Gasteiger partial charge on any atom is 0.414 e. The molecule has 0 spiro atoms. The monoisotopic (exact) mass is 274 g/mol. The van der Waals surface area contributed by atoms with Crippen molar-refractivity contribution in [3.8, 4) is 0 Å². The summed E-state index contributed by atoms with van der Waals surface area (Å²) in [4.78, 5) is 14.4. The first-order valence-corrected chi connectivity index (χ1v) is 7.01. The van der Waals surface area contributed by atoms with Gasteiger partial charge < -0.3 is 10.1 Å². The minimum Gasteiger partial charge on any atom is -0.447 e. The van der Waals surface area contributed by atoms with Crippen LogP contribution in [0.1, 0.15) is 4.88 Å². The van der Waals surface area contributed by atoms with Gasteiger partial charge in [0.1, 0.15) is 6.61 Å². The van der Waals surface area contributed by atoms with E-state index in [1.807, 2.05) is 30.3 Å². The Kier molecular flexibility index (Phi) is 3.37. The molecule has 1 aliphatic heterocycles. The van der Waals surface area contributed by atoms with E-state index in [1.165, 1.54) is 4.88 Å². The number of carbonyl (C=O) groups excluding carboxylic acids is 1. The molecular weight excluding hydrogens is 260 g/mol. The lowest BCUT2D eigenvalue weighted by molar-refractivity contribution is 0.181. The van der Waals surface area contributed by atoms with Crippen LogP contribution in [0.25, 0.3) is 0 Å². The number of amides is 1. The molecule has 0 saturated carbocycles. The smallest absolute Gasteiger partial charge is 0.414 e. The fourth-order valence-corrected chi connectivity index (χ4v) is 2.66. The van der Waals surface area contributed by atoms with Crippen molar-refractivity contribution >= 4 is 28.8 Å². The van der Waals surface area contributed by atoms with Gasteiger partial charge in [0.25, 0.3) is 0 Å². The molecule has 0 aliphatic carbocycles. The Morgan fingerprint density at radius 1 is 1.32 bits per heavy atom. The topological polar surface area (TPSA) is 41.6 Å². The van der Waals surface area contributed by atoms with Gasteiger partial charge >= 0.3 is 6.09 Å². The highest BCUT2D eigenvalue weighted by atomic mass is 32.1. The summed E-state index contributed by atoms with van der Waals surface area (Å²) in [7, 11) is 0. The Morgan fingerprint density at radius 3 is 3.00 bits per heavy atom. The second-order valence-corrected chi connectivity index (χ2v) is 5.28. The van der Waals surface area contributed by atoms with Crippen LogP contribution in [0.3, 0.4) is 0 Å². The highest BCUT2D eigenvalue weighted by Gasteiger charge is 2.23. The van der Waals surface area contributed by atoms with Gasteiger partial charge in [-0.25, -0.2) is 4.79 Å². The summed E-state index contributed by atoms with van der Waals surface area (Å²) in [5.41, 5.74) is 1.88. The molecule has 1 aliphatic rings. The molecule has 0 radical (unpaired) electrons. The summed E-state index contributed by atoms with van der Waals surface area (Å²) in [6, 6.07) is 12.0. The van der Waals surface area contributed by atoms with Crippen molar-refractivity contribution in [3.05, 3.63) is 46.7 Å². The summed E-state index contributed by atoms with van der Waals surface area (Å²) in [6.07, 6.45) is -0.268. The van der Waals surface area contributed by atoms with Crippen LogP contribution in [-0.2, 0) is 11.3 Å². The minimum absolute atomic E-state index is 0.268. The molecule has 98 valence electrons. The number of nitrogens with one attached hydrogen (secondary N) is 1. The van der Waals surface area contributed by atoms with E-state index in [1.54, 1.807) is 16.2 Å². The summed E-state index contributed by atoms with van der Waals surface area (Å²) in [5, 5.41) is 5.42. The van der Waals surface area contributed by atoms with Crippen molar-refractivity contribution in [1.29, 1.82) is 0 Å². The van der Waals surface area contributed by atoms with E-state index in [9.17, 15) is 4.79 Å². The fourth-order valence-electron chi connectivity index (χ4n) is 2.01. The quantitative estimate of drug-likeness (QED) is 0.930. The predicted molar refractivity (Wildman–Crippen MR) is 76.8 cm³/mol. The molecule has 1 aromatic carbocycles. The lowest BCUT2D eigenvalue weighted by atomic mass is 10.2. The van der Waals surface area contributed by atoms with Gasteiger partial charge in [0.05, 0.1) is 6.54 Å². The van der Waals surface area contributed by atoms with Crippen molar-refractivity contribution in [3.63, 3.8) is 0 Å². The number of carbonyl (C=O) groups is 1. The molecule has 0 bridgehead atoms. The van der Waals surface area contributed by atoms with E-state index >= 15 is 0 Å². The second-order valence-electron chi connectivity index (χ2n) is 4.25. The van der Waals surface area contributed by atoms with Gasteiger partial charge in [0.15, 0.2) is 0 Å². The SMILES string of the molecule is O=C1OCCN1c1cccc(NCc2cccs2)c1. The highest BCUT2D eigenvalue weighted by molar-refractivity contribution is 7.09. The molecule has 1 saturated heterocycles. The molecule has 2 heterocycles. The molecule has 1 amide bonds. The normalized spacial score (nSPS) is 14.5. The predicted octanol–water partition coefficient (Wildman–Crippen LogP) is 3.32. The van der Waals surface area contributed by atoms with Gasteiger partial charge in [-0.15, -0.1) is 11.3 Å². The van der Waals surface area contributed by atoms with Crippen molar-refractivity contribution in [1.82, 2.24) is 0 Å². The largest absolute Gasteiger partial charge is 0.447 e. The van der Waals surface area contributed by atoms with Gasteiger partial charge in [-0.3, -0.25) is 4.90 Å². The number of ether oxygens (including phenoxy) is 1. The van der Waals surface area contributed by atoms with Gasteiger partial charge in [-0.1, -0.05) is 12.1 Å². The third-order valence-corrected chi connectivity index (χ3v) is 3.84. The van der Waals surface area contributed by atoms with Crippen LogP contribution in [-0.4, -0.2) is 19.2 Å². The van der Waals surface area contributed by atoms with Crippen LogP contribution < -0.4 is 10.2 Å². The molecule has 2 aromatic rings. The molecule has 3 rings (SSSR count). The molecule has 5 heteroatoms. The Balaban J connectivity index is 1.71. The van der Waals surface area contributed by atoms with Crippen LogP contribution in [0, 0.1) is 0 Å². The number of hydrogen-bond acceptors (Lipinski definition) is 4. The molecular formula is C14H14N2O2S. The molecule has 1 aromatic heterocycles. The average Bonchev–Trinajstić information content (AvgIpc) is 3.08. The van der Waals surface area contributed by atoms with Crippen LogP contribution in [0.5, 0.6) is 0 Å². The Morgan fingerprint density at radius 2 is 2.26 bits per heavy atom. The zero-order valence-corrected chi connectivity index (χ0v) is 11.2. The van der Waals surface area contributed by atoms with Crippen molar-refractivity contribution in [2.24, 2.45) is 0 Å². The van der Waals surface area contributed by atoms with E-state index in [0.717, 1.165) is 17.9 Å². The molecule has 19 heavy (non-hydrogen) atoms. The Labute approximate surface area is 115 Å². The number of nitrogens with zero attached hydrogens (tertiary/aromatic N) is 1. The third kappa shape index (κ3) is 2.71. The number of hydrogen-bond donors (Lipinski definition) is 1. The molecule has 1 fully saturated rings.